The number of hydrogen-bond acceptors (Lipinski definition) is 15. The van der Waals surface area contributed by atoms with Gasteiger partial charge in [0.2, 0.25) is 41.4 Å². The van der Waals surface area contributed by atoms with Gasteiger partial charge in [0.1, 0.15) is 42.3 Å². The third-order valence-corrected chi connectivity index (χ3v) is 10.5. The number of carboxylic acids is 1. The largest absolute Gasteiger partial charge is 0.480 e. The van der Waals surface area contributed by atoms with Crippen molar-refractivity contribution in [3.63, 3.8) is 0 Å². The first-order valence-electron chi connectivity index (χ1n) is 20.0. The van der Waals surface area contributed by atoms with Crippen molar-refractivity contribution in [3.05, 3.63) is 12.4 Å². The molecule has 24 heteroatoms. The summed E-state index contributed by atoms with van der Waals surface area (Å²) in [5, 5.41) is 67.9. The molecule has 0 aliphatic carbocycles. The summed E-state index contributed by atoms with van der Waals surface area (Å²) >= 11 is 0. The molecule has 0 bridgehead atoms. The molecular formula is C37H70N10O13Si. The molecule has 23 nitrogen and oxygen atoms in total. The van der Waals surface area contributed by atoms with Gasteiger partial charge in [-0.1, -0.05) is 53.9 Å². The molecule has 0 aliphatic heterocycles. The van der Waals surface area contributed by atoms with Crippen LogP contribution in [0, 0.1) is 11.8 Å². The normalized spacial score (nSPS) is 15.9. The number of rotatable bonds is 29. The molecule has 0 saturated heterocycles. The van der Waals surface area contributed by atoms with Gasteiger partial charge in [-0.25, -0.2) is 4.79 Å². The van der Waals surface area contributed by atoms with Crippen LogP contribution in [0.4, 0.5) is 0 Å². The molecule has 7 amide bonds. The Labute approximate surface area is 357 Å². The van der Waals surface area contributed by atoms with Gasteiger partial charge in [-0.15, -0.1) is 0 Å². The average Bonchev–Trinajstić information content (AvgIpc) is 3.15. The van der Waals surface area contributed by atoms with Crippen molar-refractivity contribution in [2.75, 3.05) is 26.3 Å². The third kappa shape index (κ3) is 22.0. The summed E-state index contributed by atoms with van der Waals surface area (Å²) in [6, 6.07) is -9.99. The molecule has 350 valence electrons. The van der Waals surface area contributed by atoms with Gasteiger partial charge in [-0.2, -0.15) is 0 Å². The number of nitrogens with two attached hydrogens (primary N) is 2. The smallest absolute Gasteiger partial charge is 0.328 e. The molecule has 0 spiro atoms. The number of hydrogen-bond donors (Lipinski definition) is 15. The first kappa shape index (κ1) is 56.1. The molecule has 0 unspecified atom stereocenters. The Morgan fingerprint density at radius 1 is 0.656 bits per heavy atom. The molecule has 0 aromatic rings. The second kappa shape index (κ2) is 27.1. The minimum atomic E-state index is -2.22. The number of carbonyl (C=O) groups excluding carboxylic acids is 7. The molecule has 0 heterocycles. The lowest BCUT2D eigenvalue weighted by Gasteiger charge is -2.30. The van der Waals surface area contributed by atoms with E-state index in [1.807, 2.05) is 38.8 Å². The van der Waals surface area contributed by atoms with Crippen LogP contribution in [0.15, 0.2) is 12.4 Å². The second-order valence-corrected chi connectivity index (χ2v) is 22.3. The van der Waals surface area contributed by atoms with E-state index in [0.717, 1.165) is 0 Å². The summed E-state index contributed by atoms with van der Waals surface area (Å²) in [7, 11) is -2.22. The lowest BCUT2D eigenvalue weighted by Crippen LogP contribution is -2.61. The fraction of sp³-hybridized carbons (Fsp3) is 0.730. The summed E-state index contributed by atoms with van der Waals surface area (Å²) in [4.78, 5) is 104. The highest BCUT2D eigenvalue weighted by atomic mass is 28.3. The molecule has 9 atom stereocenters. The zero-order chi connectivity index (χ0) is 47.4. The first-order chi connectivity index (χ1) is 28.1. The zero-order valence-electron chi connectivity index (χ0n) is 36.4. The maximum atomic E-state index is 14.0. The van der Waals surface area contributed by atoms with Gasteiger partial charge < -0.3 is 79.5 Å². The highest BCUT2D eigenvalue weighted by Crippen LogP contribution is 2.14. The van der Waals surface area contributed by atoms with Crippen LogP contribution < -0.4 is 54.0 Å². The van der Waals surface area contributed by atoms with E-state index in [1.165, 1.54) is 6.92 Å². The molecule has 0 aliphatic rings. The van der Waals surface area contributed by atoms with E-state index in [-0.39, 0.29) is 49.5 Å². The second-order valence-electron chi connectivity index (χ2n) is 16.8. The van der Waals surface area contributed by atoms with Crippen LogP contribution >= 0.6 is 0 Å². The predicted molar refractivity (Wildman–Crippen MR) is 225 cm³/mol. The van der Waals surface area contributed by atoms with Crippen molar-refractivity contribution < 1.29 is 63.9 Å². The highest BCUT2D eigenvalue weighted by molar-refractivity contribution is 6.76. The Morgan fingerprint density at radius 3 is 1.62 bits per heavy atom. The molecule has 61 heavy (non-hydrogen) atoms. The molecule has 0 aromatic heterocycles. The van der Waals surface area contributed by atoms with Gasteiger partial charge in [0.15, 0.2) is 0 Å². The minimum Gasteiger partial charge on any atom is -0.480 e. The average molecular weight is 891 g/mol. The number of nitrogens with one attached hydrogen (secondary N) is 8. The molecule has 0 fully saturated rings. The topological polar surface area (TPSA) is 386 Å². The number of amides is 7. The molecule has 0 aromatic carbocycles. The summed E-state index contributed by atoms with van der Waals surface area (Å²) in [6.07, 6.45) is -2.30. The number of aliphatic hydroxyl groups excluding tert-OH is 4. The van der Waals surface area contributed by atoms with Crippen molar-refractivity contribution in [2.45, 2.75) is 134 Å². The van der Waals surface area contributed by atoms with Gasteiger partial charge in [-0.3, -0.25) is 33.6 Å². The van der Waals surface area contributed by atoms with Crippen LogP contribution in [0.1, 0.15) is 53.9 Å². The molecule has 0 saturated carbocycles. The van der Waals surface area contributed by atoms with Crippen LogP contribution in [0.3, 0.4) is 0 Å². The Kier molecular flexibility index (Phi) is 25.0. The zero-order valence-corrected chi connectivity index (χ0v) is 37.4. The summed E-state index contributed by atoms with van der Waals surface area (Å²) < 4.78 is 0. The summed E-state index contributed by atoms with van der Waals surface area (Å²) in [6.45, 7) is 14.9. The lowest BCUT2D eigenvalue weighted by molar-refractivity contribution is -0.143. The van der Waals surface area contributed by atoms with E-state index in [1.54, 1.807) is 13.8 Å². The number of carbonyl (C=O) groups is 8. The van der Waals surface area contributed by atoms with Gasteiger partial charge in [0, 0.05) is 14.6 Å². The van der Waals surface area contributed by atoms with Crippen LogP contribution in [-0.4, -0.2) is 162 Å². The Morgan fingerprint density at radius 2 is 1.15 bits per heavy atom. The first-order valence-corrected chi connectivity index (χ1v) is 23.7. The Hall–Kier alpha value is -4.88. The van der Waals surface area contributed by atoms with Gasteiger partial charge in [-0.05, 0) is 44.1 Å². The SMILES string of the molecule is C=C(N)NCCC[C@@H](NC(=O)[C@H](CC(C)C)NC(=O)[C@@H](N)[C@H](O)C(C)C)C(=O)N[C@@H](C[Si](C)(C)C)C(=O)N[C@H](C(=O)NCC(=O)N[C@@H](CO)C(=O)N[C@@H](CO)C(=O)O)[C@H](C)O. The van der Waals surface area contributed by atoms with E-state index >= 15 is 0 Å². The molecule has 0 radical (unpaired) electrons. The van der Waals surface area contributed by atoms with Crippen LogP contribution in [-0.2, 0) is 38.4 Å². The predicted octanol–water partition coefficient (Wildman–Crippen LogP) is -5.01. The van der Waals surface area contributed by atoms with Crippen LogP contribution in [0.2, 0.25) is 25.7 Å². The van der Waals surface area contributed by atoms with E-state index in [9.17, 15) is 53.7 Å². The monoisotopic (exact) mass is 890 g/mol. The van der Waals surface area contributed by atoms with E-state index in [0.29, 0.717) is 0 Å². The number of aliphatic carboxylic acids is 1. The Bertz CT molecular complexity index is 1510. The maximum absolute atomic E-state index is 14.0. The maximum Gasteiger partial charge on any atom is 0.328 e. The van der Waals surface area contributed by atoms with Crippen molar-refractivity contribution in [3.8, 4) is 0 Å². The molecule has 0 rings (SSSR count). The fourth-order valence-corrected chi connectivity index (χ4v) is 7.08. The van der Waals surface area contributed by atoms with Crippen molar-refractivity contribution in [1.82, 2.24) is 42.5 Å². The van der Waals surface area contributed by atoms with Gasteiger partial charge in [0.25, 0.3) is 0 Å². The van der Waals surface area contributed by atoms with Gasteiger partial charge in [0.05, 0.1) is 37.8 Å². The third-order valence-electron chi connectivity index (χ3n) is 8.92. The van der Waals surface area contributed by atoms with Crippen molar-refractivity contribution >= 4 is 55.4 Å². The highest BCUT2D eigenvalue weighted by Gasteiger charge is 2.36. The van der Waals surface area contributed by atoms with Crippen molar-refractivity contribution in [1.29, 1.82) is 0 Å². The van der Waals surface area contributed by atoms with E-state index < -0.39 is 130 Å². The van der Waals surface area contributed by atoms with E-state index in [2.05, 4.69) is 43.8 Å². The standard InChI is InChI=1S/C37H70N10O13Si/c1-18(2)13-23(44-35(57)28(39)30(52)19(3)4)32(54)43-22(11-10-12-40-21(6)38)31(53)46-26(17-61(7,8)9)34(56)47-29(20(5)50)36(58)41-14-27(51)42-24(15-48)33(55)45-25(16-49)37(59)60/h18-20,22-26,28-30,40,48-50,52H,6,10-17,38-39H2,1-5,7-9H3,(H,41,58)(H,42,51)(H,43,54)(H,44,57)(H,45,55)(H,46,53)(H,47,56)(H,59,60)/t20-,22+,23-,24-,25-,26-,28-,29-,30+/m0/s1. The molecule has 17 N–H and O–H groups in total. The minimum absolute atomic E-state index is 0.0220. The van der Waals surface area contributed by atoms with Crippen LogP contribution in [0.25, 0.3) is 0 Å². The van der Waals surface area contributed by atoms with Crippen LogP contribution in [0.5, 0.6) is 0 Å². The van der Waals surface area contributed by atoms with Gasteiger partial charge >= 0.3 is 5.97 Å². The quantitative estimate of drug-likeness (QED) is 0.0247. The molecular weight excluding hydrogens is 821 g/mol. The van der Waals surface area contributed by atoms with Crippen molar-refractivity contribution in [2.24, 2.45) is 23.3 Å². The fourth-order valence-electron chi connectivity index (χ4n) is 5.56. The summed E-state index contributed by atoms with van der Waals surface area (Å²) in [5.41, 5.74) is 11.6. The summed E-state index contributed by atoms with van der Waals surface area (Å²) in [5.74, 6) is -8.26. The lowest BCUT2D eigenvalue weighted by atomic mass is 9.98. The number of aliphatic hydroxyl groups is 4. The van der Waals surface area contributed by atoms with E-state index in [4.69, 9.17) is 21.7 Å². The Balaban J connectivity index is 6.26. The number of carboxylic acid groups (broad SMARTS) is 1.